The molecule has 0 saturated carbocycles. The number of carbonyl (C=O) groups excluding carboxylic acids is 1. The fraction of sp³-hybridized carbons (Fsp3) is 0.875. The third-order valence-electron chi connectivity index (χ3n) is 1.66. The number of esters is 1. The molecule has 1 unspecified atom stereocenters. The first-order valence-corrected chi connectivity index (χ1v) is 4.03. The molecule has 3 nitrogen and oxygen atoms in total. The van der Waals surface area contributed by atoms with Gasteiger partial charge in [0.15, 0.2) is 6.23 Å². The van der Waals surface area contributed by atoms with Crippen LogP contribution in [0.15, 0.2) is 0 Å². The molecule has 0 fully saturated rings. The molecule has 0 spiro atoms. The first kappa shape index (κ1) is 14.3. The summed E-state index contributed by atoms with van der Waals surface area (Å²) in [6, 6.07) is 0. The van der Waals surface area contributed by atoms with Gasteiger partial charge in [-0.15, -0.1) is 12.4 Å². The molecule has 0 radical (unpaired) electrons. The predicted octanol–water partition coefficient (Wildman–Crippen LogP) is 1.66. The van der Waals surface area contributed by atoms with Gasteiger partial charge in [-0.3, -0.25) is 9.69 Å². The van der Waals surface area contributed by atoms with Gasteiger partial charge >= 0.3 is 5.97 Å². The van der Waals surface area contributed by atoms with Crippen molar-refractivity contribution >= 4 is 18.4 Å². The molecular weight excluding hydrogens is 178 g/mol. The maximum atomic E-state index is 10.5. The zero-order valence-corrected chi connectivity index (χ0v) is 8.98. The Balaban J connectivity index is 0. The lowest BCUT2D eigenvalue weighted by Gasteiger charge is -2.25. The standard InChI is InChI=1S/C8H17NO2.ClH/c1-5-9(6-2)7(3)11-8(4)10;/h7H,5-6H2,1-4H3;1H. The van der Waals surface area contributed by atoms with Gasteiger partial charge in [0.05, 0.1) is 0 Å². The van der Waals surface area contributed by atoms with Gasteiger partial charge in [-0.25, -0.2) is 0 Å². The van der Waals surface area contributed by atoms with Crippen LogP contribution >= 0.6 is 12.4 Å². The van der Waals surface area contributed by atoms with E-state index in [1.54, 1.807) is 0 Å². The molecule has 0 saturated heterocycles. The summed E-state index contributed by atoms with van der Waals surface area (Å²) in [7, 11) is 0. The number of carbonyl (C=O) groups is 1. The molecule has 0 aromatic carbocycles. The molecule has 0 bridgehead atoms. The van der Waals surface area contributed by atoms with Crippen LogP contribution in [0.5, 0.6) is 0 Å². The van der Waals surface area contributed by atoms with Gasteiger partial charge in [0, 0.05) is 6.92 Å². The monoisotopic (exact) mass is 195 g/mol. The average Bonchev–Trinajstić information content (AvgIpc) is 1.88. The highest BCUT2D eigenvalue weighted by atomic mass is 35.5. The first-order chi connectivity index (χ1) is 5.11. The normalized spacial score (nSPS) is 12.1. The van der Waals surface area contributed by atoms with E-state index in [1.165, 1.54) is 6.92 Å². The minimum Gasteiger partial charge on any atom is -0.447 e. The van der Waals surface area contributed by atoms with Gasteiger partial charge in [-0.05, 0) is 20.0 Å². The van der Waals surface area contributed by atoms with Crippen molar-refractivity contribution in [2.24, 2.45) is 0 Å². The van der Waals surface area contributed by atoms with Crippen molar-refractivity contribution in [3.05, 3.63) is 0 Å². The molecule has 1 atom stereocenters. The quantitative estimate of drug-likeness (QED) is 0.505. The third-order valence-corrected chi connectivity index (χ3v) is 1.66. The fourth-order valence-electron chi connectivity index (χ4n) is 1.05. The van der Waals surface area contributed by atoms with Crippen molar-refractivity contribution < 1.29 is 9.53 Å². The van der Waals surface area contributed by atoms with Crippen molar-refractivity contribution in [3.8, 4) is 0 Å². The second-order valence-electron chi connectivity index (χ2n) is 2.43. The molecule has 0 heterocycles. The van der Waals surface area contributed by atoms with Crippen molar-refractivity contribution in [3.63, 3.8) is 0 Å². The highest BCUT2D eigenvalue weighted by Crippen LogP contribution is 1.99. The lowest BCUT2D eigenvalue weighted by atomic mass is 10.4. The number of ether oxygens (including phenoxy) is 1. The largest absolute Gasteiger partial charge is 0.447 e. The molecule has 0 aromatic heterocycles. The molecular formula is C8H18ClNO2. The molecule has 0 amide bonds. The predicted molar refractivity (Wildman–Crippen MR) is 51.4 cm³/mol. The number of hydrogen-bond donors (Lipinski definition) is 0. The first-order valence-electron chi connectivity index (χ1n) is 4.03. The maximum Gasteiger partial charge on any atom is 0.304 e. The average molecular weight is 196 g/mol. The van der Waals surface area contributed by atoms with E-state index >= 15 is 0 Å². The summed E-state index contributed by atoms with van der Waals surface area (Å²) in [5, 5.41) is 0. The van der Waals surface area contributed by atoms with Gasteiger partial charge in [0.25, 0.3) is 0 Å². The summed E-state index contributed by atoms with van der Waals surface area (Å²) >= 11 is 0. The van der Waals surface area contributed by atoms with Crippen LogP contribution in [0, 0.1) is 0 Å². The summed E-state index contributed by atoms with van der Waals surface area (Å²) in [6.07, 6.45) is -0.0949. The second kappa shape index (κ2) is 7.37. The number of halogens is 1. The van der Waals surface area contributed by atoms with Gasteiger partial charge in [-0.1, -0.05) is 13.8 Å². The Morgan fingerprint density at radius 2 is 1.83 bits per heavy atom. The summed E-state index contributed by atoms with van der Waals surface area (Å²) in [6.45, 7) is 9.22. The van der Waals surface area contributed by atoms with Crippen LogP contribution in [0.3, 0.4) is 0 Å². The Hall–Kier alpha value is -0.280. The van der Waals surface area contributed by atoms with Gasteiger partial charge < -0.3 is 4.74 Å². The van der Waals surface area contributed by atoms with E-state index in [-0.39, 0.29) is 24.6 Å². The van der Waals surface area contributed by atoms with E-state index in [0.717, 1.165) is 13.1 Å². The van der Waals surface area contributed by atoms with Crippen LogP contribution < -0.4 is 0 Å². The van der Waals surface area contributed by atoms with Gasteiger partial charge in [-0.2, -0.15) is 0 Å². The molecule has 0 aliphatic heterocycles. The molecule has 12 heavy (non-hydrogen) atoms. The van der Waals surface area contributed by atoms with E-state index in [4.69, 9.17) is 4.74 Å². The van der Waals surface area contributed by atoms with Crippen LogP contribution in [-0.2, 0) is 9.53 Å². The molecule has 0 aliphatic rings. The Morgan fingerprint density at radius 3 is 2.08 bits per heavy atom. The van der Waals surface area contributed by atoms with Gasteiger partial charge in [0.2, 0.25) is 0 Å². The molecule has 0 N–H and O–H groups in total. The SMILES string of the molecule is CCN(CC)C(C)OC(C)=O.Cl. The number of hydrogen-bond acceptors (Lipinski definition) is 3. The topological polar surface area (TPSA) is 29.5 Å². The van der Waals surface area contributed by atoms with Crippen molar-refractivity contribution in [1.82, 2.24) is 4.90 Å². The lowest BCUT2D eigenvalue weighted by Crippen LogP contribution is -2.35. The van der Waals surface area contributed by atoms with Crippen molar-refractivity contribution in [2.75, 3.05) is 13.1 Å². The summed E-state index contributed by atoms with van der Waals surface area (Å²) < 4.78 is 4.98. The van der Waals surface area contributed by atoms with Crippen LogP contribution in [0.4, 0.5) is 0 Å². The second-order valence-corrected chi connectivity index (χ2v) is 2.43. The summed E-state index contributed by atoms with van der Waals surface area (Å²) in [5.74, 6) is -0.218. The lowest BCUT2D eigenvalue weighted by molar-refractivity contribution is -0.154. The summed E-state index contributed by atoms with van der Waals surface area (Å²) in [5.41, 5.74) is 0. The number of rotatable bonds is 4. The highest BCUT2D eigenvalue weighted by Gasteiger charge is 2.11. The van der Waals surface area contributed by atoms with Gasteiger partial charge in [0.1, 0.15) is 0 Å². The summed E-state index contributed by atoms with van der Waals surface area (Å²) in [4.78, 5) is 12.6. The van der Waals surface area contributed by atoms with E-state index < -0.39 is 0 Å². The smallest absolute Gasteiger partial charge is 0.304 e. The molecule has 0 rings (SSSR count). The fourth-order valence-corrected chi connectivity index (χ4v) is 1.05. The Bertz CT molecular complexity index is 126. The Labute approximate surface area is 80.5 Å². The van der Waals surface area contributed by atoms with Crippen LogP contribution in [0.1, 0.15) is 27.7 Å². The third kappa shape index (κ3) is 5.38. The highest BCUT2D eigenvalue weighted by molar-refractivity contribution is 5.85. The zero-order valence-electron chi connectivity index (χ0n) is 8.16. The minimum atomic E-state index is -0.218. The molecule has 0 aliphatic carbocycles. The van der Waals surface area contributed by atoms with E-state index in [1.807, 2.05) is 20.8 Å². The van der Waals surface area contributed by atoms with Crippen LogP contribution in [0.2, 0.25) is 0 Å². The van der Waals surface area contributed by atoms with E-state index in [9.17, 15) is 4.79 Å². The Morgan fingerprint density at radius 1 is 1.42 bits per heavy atom. The van der Waals surface area contributed by atoms with E-state index in [0.29, 0.717) is 0 Å². The molecule has 4 heteroatoms. The molecule has 0 aromatic rings. The maximum absolute atomic E-state index is 10.5. The minimum absolute atomic E-state index is 0. The molecule has 74 valence electrons. The van der Waals surface area contributed by atoms with Crippen molar-refractivity contribution in [2.45, 2.75) is 33.9 Å². The van der Waals surface area contributed by atoms with Crippen molar-refractivity contribution in [1.29, 1.82) is 0 Å². The van der Waals surface area contributed by atoms with Crippen LogP contribution in [0.25, 0.3) is 0 Å². The zero-order chi connectivity index (χ0) is 8.85. The number of nitrogens with zero attached hydrogens (tertiary/aromatic N) is 1. The van der Waals surface area contributed by atoms with E-state index in [2.05, 4.69) is 4.90 Å². The Kier molecular flexibility index (Phi) is 8.76. The van der Waals surface area contributed by atoms with Crippen LogP contribution in [-0.4, -0.2) is 30.2 Å².